The maximum Gasteiger partial charge on any atom is 0.264 e. The van der Waals surface area contributed by atoms with Crippen molar-refractivity contribution in [2.24, 2.45) is 5.92 Å². The maximum absolute atomic E-state index is 11.9. The van der Waals surface area contributed by atoms with Gasteiger partial charge in [0.25, 0.3) is 5.91 Å². The van der Waals surface area contributed by atoms with Gasteiger partial charge in [-0.05, 0) is 32.4 Å². The molecule has 0 radical (unpaired) electrons. The molecule has 3 rings (SSSR count). The zero-order chi connectivity index (χ0) is 18.0. The fourth-order valence-electron chi connectivity index (χ4n) is 2.83. The number of hydrazine groups is 1. The van der Waals surface area contributed by atoms with E-state index in [2.05, 4.69) is 21.6 Å². The molecule has 0 aliphatic carbocycles. The van der Waals surface area contributed by atoms with Crippen molar-refractivity contribution in [3.8, 4) is 11.4 Å². The molecule has 1 atom stereocenters. The largest absolute Gasteiger partial charge is 0.273 e. The average Bonchev–Trinajstić information content (AvgIpc) is 3.14. The molecule has 2 amide bonds. The predicted octanol–water partition coefficient (Wildman–Crippen LogP) is 1.93. The minimum Gasteiger partial charge on any atom is -0.273 e. The third-order valence-corrected chi connectivity index (χ3v) is 4.09. The standard InChI is InChI=1S/C18H21N5O2/c1-12-8-13(2)10-15(9-12)17-19-11-22(21-17)6-5-16(24)20-23-7-4-14(3)18(23)25/h5-6,8-11,14H,4,7H2,1-3H3,(H,20,24)/b6-5-. The van der Waals surface area contributed by atoms with E-state index in [-0.39, 0.29) is 17.7 Å². The number of aromatic nitrogens is 3. The third kappa shape index (κ3) is 3.93. The van der Waals surface area contributed by atoms with Gasteiger partial charge in [0, 0.05) is 30.3 Å². The van der Waals surface area contributed by atoms with Gasteiger partial charge in [-0.2, -0.15) is 0 Å². The van der Waals surface area contributed by atoms with E-state index < -0.39 is 0 Å². The molecule has 2 heterocycles. The van der Waals surface area contributed by atoms with Crippen LogP contribution in [-0.2, 0) is 9.59 Å². The molecule has 1 saturated heterocycles. The topological polar surface area (TPSA) is 80.1 Å². The van der Waals surface area contributed by atoms with Crippen molar-refractivity contribution in [1.82, 2.24) is 25.2 Å². The number of nitrogens with zero attached hydrogens (tertiary/aromatic N) is 4. The van der Waals surface area contributed by atoms with Crippen LogP contribution in [0.3, 0.4) is 0 Å². The van der Waals surface area contributed by atoms with Crippen molar-refractivity contribution in [3.63, 3.8) is 0 Å². The number of carbonyl (C=O) groups excluding carboxylic acids is 2. The minimum atomic E-state index is -0.370. The fraction of sp³-hybridized carbons (Fsp3) is 0.333. The van der Waals surface area contributed by atoms with Crippen LogP contribution in [0.4, 0.5) is 0 Å². The van der Waals surface area contributed by atoms with Crippen molar-refractivity contribution in [3.05, 3.63) is 41.7 Å². The van der Waals surface area contributed by atoms with Crippen LogP contribution in [0.25, 0.3) is 17.6 Å². The number of rotatable bonds is 4. The van der Waals surface area contributed by atoms with E-state index in [1.165, 1.54) is 22.0 Å². The van der Waals surface area contributed by atoms with E-state index in [4.69, 9.17) is 0 Å². The predicted molar refractivity (Wildman–Crippen MR) is 93.9 cm³/mol. The summed E-state index contributed by atoms with van der Waals surface area (Å²) in [5.41, 5.74) is 5.80. The second-order valence-corrected chi connectivity index (χ2v) is 6.40. The van der Waals surface area contributed by atoms with E-state index in [0.29, 0.717) is 12.4 Å². The van der Waals surface area contributed by atoms with Crippen molar-refractivity contribution in [2.45, 2.75) is 27.2 Å². The summed E-state index contributed by atoms with van der Waals surface area (Å²) >= 11 is 0. The smallest absolute Gasteiger partial charge is 0.264 e. The highest BCUT2D eigenvalue weighted by Crippen LogP contribution is 2.18. The van der Waals surface area contributed by atoms with Crippen LogP contribution in [0.5, 0.6) is 0 Å². The molecule has 1 N–H and O–H groups in total. The summed E-state index contributed by atoms with van der Waals surface area (Å²) in [4.78, 5) is 28.0. The first-order valence-corrected chi connectivity index (χ1v) is 8.22. The Bertz CT molecular complexity index is 819. The Balaban J connectivity index is 1.65. The van der Waals surface area contributed by atoms with Gasteiger partial charge >= 0.3 is 0 Å². The van der Waals surface area contributed by atoms with Crippen LogP contribution < -0.4 is 5.43 Å². The Morgan fingerprint density at radius 1 is 1.28 bits per heavy atom. The van der Waals surface area contributed by atoms with E-state index in [9.17, 15) is 9.59 Å². The Kier molecular flexibility index (Phi) is 4.65. The highest BCUT2D eigenvalue weighted by molar-refractivity contribution is 5.92. The van der Waals surface area contributed by atoms with Crippen molar-refractivity contribution in [1.29, 1.82) is 0 Å². The molecular weight excluding hydrogens is 318 g/mol. The van der Waals surface area contributed by atoms with Gasteiger partial charge in [0.15, 0.2) is 5.82 Å². The van der Waals surface area contributed by atoms with Gasteiger partial charge in [0.2, 0.25) is 5.91 Å². The maximum atomic E-state index is 11.9. The highest BCUT2D eigenvalue weighted by Gasteiger charge is 2.28. The first kappa shape index (κ1) is 16.9. The number of hydrogen-bond donors (Lipinski definition) is 1. The number of hydrogen-bond acceptors (Lipinski definition) is 4. The van der Waals surface area contributed by atoms with Gasteiger partial charge < -0.3 is 0 Å². The Morgan fingerprint density at radius 3 is 2.64 bits per heavy atom. The van der Waals surface area contributed by atoms with E-state index in [1.807, 2.05) is 32.9 Å². The lowest BCUT2D eigenvalue weighted by molar-refractivity contribution is -0.138. The monoisotopic (exact) mass is 339 g/mol. The van der Waals surface area contributed by atoms with Crippen LogP contribution in [0, 0.1) is 19.8 Å². The van der Waals surface area contributed by atoms with Crippen LogP contribution in [0.1, 0.15) is 24.5 Å². The zero-order valence-electron chi connectivity index (χ0n) is 14.6. The second-order valence-electron chi connectivity index (χ2n) is 6.40. The molecule has 1 aliphatic heterocycles. The molecule has 1 aliphatic rings. The molecule has 1 aromatic carbocycles. The molecule has 7 nitrogen and oxygen atoms in total. The molecule has 1 fully saturated rings. The van der Waals surface area contributed by atoms with Crippen molar-refractivity contribution >= 4 is 18.0 Å². The van der Waals surface area contributed by atoms with Gasteiger partial charge in [0.1, 0.15) is 6.33 Å². The number of amides is 2. The molecule has 25 heavy (non-hydrogen) atoms. The lowest BCUT2D eigenvalue weighted by Crippen LogP contribution is -2.42. The Morgan fingerprint density at radius 2 is 2.00 bits per heavy atom. The quantitative estimate of drug-likeness (QED) is 0.863. The molecule has 2 aromatic rings. The van der Waals surface area contributed by atoms with Gasteiger partial charge in [0.05, 0.1) is 0 Å². The van der Waals surface area contributed by atoms with Crippen LogP contribution in [0.2, 0.25) is 0 Å². The van der Waals surface area contributed by atoms with Gasteiger partial charge in [-0.15, -0.1) is 5.10 Å². The number of aryl methyl sites for hydroxylation is 2. The SMILES string of the molecule is Cc1cc(C)cc(-c2ncn(/C=C\C(=O)NN3CCC(C)C3=O)n2)c1. The van der Waals surface area contributed by atoms with Gasteiger partial charge in [-0.1, -0.05) is 24.1 Å². The van der Waals surface area contributed by atoms with Crippen molar-refractivity contribution < 1.29 is 9.59 Å². The van der Waals surface area contributed by atoms with Crippen LogP contribution in [-0.4, -0.2) is 38.1 Å². The number of carbonyl (C=O) groups is 2. The molecular formula is C18H21N5O2. The van der Waals surface area contributed by atoms with Gasteiger partial charge in [-0.3, -0.25) is 20.0 Å². The average molecular weight is 339 g/mol. The zero-order valence-corrected chi connectivity index (χ0v) is 14.6. The summed E-state index contributed by atoms with van der Waals surface area (Å²) in [6.07, 6.45) is 5.14. The number of benzene rings is 1. The molecule has 130 valence electrons. The lowest BCUT2D eigenvalue weighted by atomic mass is 10.1. The summed E-state index contributed by atoms with van der Waals surface area (Å²) in [7, 11) is 0. The van der Waals surface area contributed by atoms with Crippen LogP contribution >= 0.6 is 0 Å². The first-order chi connectivity index (χ1) is 11.9. The van der Waals surface area contributed by atoms with E-state index in [1.54, 1.807) is 6.33 Å². The summed E-state index contributed by atoms with van der Waals surface area (Å²) in [6, 6.07) is 6.12. The summed E-state index contributed by atoms with van der Waals surface area (Å²) in [5, 5.41) is 5.71. The van der Waals surface area contributed by atoms with E-state index >= 15 is 0 Å². The summed E-state index contributed by atoms with van der Waals surface area (Å²) < 4.78 is 1.47. The minimum absolute atomic E-state index is 0.0417. The second kappa shape index (κ2) is 6.88. The molecule has 7 heteroatoms. The molecule has 0 bridgehead atoms. The first-order valence-electron chi connectivity index (χ1n) is 8.22. The van der Waals surface area contributed by atoms with Gasteiger partial charge in [-0.25, -0.2) is 9.67 Å². The molecule has 1 aromatic heterocycles. The van der Waals surface area contributed by atoms with Crippen molar-refractivity contribution in [2.75, 3.05) is 6.54 Å². The van der Waals surface area contributed by atoms with E-state index in [0.717, 1.165) is 23.1 Å². The Labute approximate surface area is 146 Å². The fourth-order valence-corrected chi connectivity index (χ4v) is 2.83. The summed E-state index contributed by atoms with van der Waals surface area (Å²) in [6.45, 7) is 6.45. The normalized spacial score (nSPS) is 17.5. The summed E-state index contributed by atoms with van der Waals surface area (Å²) in [5.74, 6) is 0.130. The molecule has 0 spiro atoms. The molecule has 0 saturated carbocycles. The van der Waals surface area contributed by atoms with Crippen LogP contribution in [0.15, 0.2) is 30.6 Å². The number of nitrogens with one attached hydrogen (secondary N) is 1. The Hall–Kier alpha value is -2.96. The molecule has 1 unspecified atom stereocenters. The third-order valence-electron chi connectivity index (χ3n) is 4.09. The lowest BCUT2D eigenvalue weighted by Gasteiger charge is -2.15. The highest BCUT2D eigenvalue weighted by atomic mass is 16.2.